The molecule has 0 heterocycles. The van der Waals surface area contributed by atoms with E-state index < -0.39 is 0 Å². The summed E-state index contributed by atoms with van der Waals surface area (Å²) in [5, 5.41) is 6.48. The van der Waals surface area contributed by atoms with E-state index in [-0.39, 0.29) is 18.6 Å². The van der Waals surface area contributed by atoms with Crippen molar-refractivity contribution >= 4 is 11.9 Å². The molecule has 0 spiro atoms. The summed E-state index contributed by atoms with van der Waals surface area (Å²) in [5.74, 6) is 1.43. The smallest absolute Gasteiger partial charge is 0.243 e. The summed E-state index contributed by atoms with van der Waals surface area (Å²) in [5.41, 5.74) is 1.10. The number of rotatable bonds is 11. The molecule has 1 atom stereocenters. The first-order chi connectivity index (χ1) is 12.9. The van der Waals surface area contributed by atoms with Crippen molar-refractivity contribution in [2.75, 3.05) is 46.9 Å². The zero-order valence-electron chi connectivity index (χ0n) is 17.2. The average Bonchev–Trinajstić information content (AvgIpc) is 2.64. The van der Waals surface area contributed by atoms with Gasteiger partial charge in [0, 0.05) is 33.9 Å². The minimum absolute atomic E-state index is 0.0466. The van der Waals surface area contributed by atoms with Gasteiger partial charge in [0.25, 0.3) is 0 Å². The molecule has 1 rings (SSSR count). The van der Waals surface area contributed by atoms with E-state index in [1.54, 1.807) is 14.1 Å². The highest BCUT2D eigenvalue weighted by atomic mass is 16.5. The Bertz CT molecular complexity index is 590. The maximum Gasteiger partial charge on any atom is 0.243 e. The molecule has 1 aromatic carbocycles. The Kier molecular flexibility index (Phi) is 10.9. The number of nitrogens with zero attached hydrogens (tertiary/aromatic N) is 2. The number of para-hydroxylation sites is 1. The molecule has 1 aromatic rings. The molecule has 0 fully saturated rings. The van der Waals surface area contributed by atoms with Crippen molar-refractivity contribution < 1.29 is 14.3 Å². The van der Waals surface area contributed by atoms with Crippen LogP contribution in [-0.4, -0.2) is 69.8 Å². The molecule has 7 nitrogen and oxygen atoms in total. The fourth-order valence-corrected chi connectivity index (χ4v) is 2.18. The lowest BCUT2D eigenvalue weighted by molar-refractivity contribution is -0.127. The van der Waals surface area contributed by atoms with Crippen molar-refractivity contribution in [2.45, 2.75) is 33.3 Å². The Morgan fingerprint density at radius 2 is 2.00 bits per heavy atom. The first-order valence-electron chi connectivity index (χ1n) is 9.46. The van der Waals surface area contributed by atoms with Gasteiger partial charge in [0.15, 0.2) is 5.96 Å². The molecule has 0 aliphatic rings. The van der Waals surface area contributed by atoms with Crippen molar-refractivity contribution in [1.29, 1.82) is 0 Å². The van der Waals surface area contributed by atoms with Crippen molar-refractivity contribution in [3.05, 3.63) is 29.8 Å². The predicted octanol–water partition coefficient (Wildman–Crippen LogP) is 1.81. The third-order valence-corrected chi connectivity index (χ3v) is 3.81. The highest BCUT2D eigenvalue weighted by molar-refractivity contribution is 5.84. The number of ether oxygens (including phenoxy) is 2. The van der Waals surface area contributed by atoms with Gasteiger partial charge in [-0.25, -0.2) is 4.99 Å². The lowest BCUT2D eigenvalue weighted by atomic mass is 10.2. The van der Waals surface area contributed by atoms with Gasteiger partial charge in [-0.3, -0.25) is 4.79 Å². The molecular weight excluding hydrogens is 344 g/mol. The SMILES string of the molecule is CCOCCCNC(=NCC(=O)N(C)C)NCC(C)Oc1ccccc1C. The largest absolute Gasteiger partial charge is 0.489 e. The molecule has 0 aliphatic carbocycles. The van der Waals surface area contributed by atoms with E-state index in [9.17, 15) is 4.79 Å². The number of aryl methyl sites for hydroxylation is 1. The summed E-state index contributed by atoms with van der Waals surface area (Å²) in [6.45, 7) is 8.79. The van der Waals surface area contributed by atoms with E-state index in [0.717, 1.165) is 24.3 Å². The van der Waals surface area contributed by atoms with Crippen LogP contribution >= 0.6 is 0 Å². The number of carbonyl (C=O) groups excluding carboxylic acids is 1. The third-order valence-electron chi connectivity index (χ3n) is 3.81. The van der Waals surface area contributed by atoms with Crippen molar-refractivity contribution in [1.82, 2.24) is 15.5 Å². The van der Waals surface area contributed by atoms with Crippen LogP contribution in [0.15, 0.2) is 29.3 Å². The number of hydrogen-bond donors (Lipinski definition) is 2. The lowest BCUT2D eigenvalue weighted by Crippen LogP contribution is -2.43. The second kappa shape index (κ2) is 13.0. The quantitative estimate of drug-likeness (QED) is 0.349. The molecule has 0 aliphatic heterocycles. The fourth-order valence-electron chi connectivity index (χ4n) is 2.18. The van der Waals surface area contributed by atoms with E-state index >= 15 is 0 Å². The number of aliphatic imine (C=N–C) groups is 1. The maximum atomic E-state index is 11.8. The Morgan fingerprint density at radius 3 is 2.67 bits per heavy atom. The van der Waals surface area contributed by atoms with Gasteiger partial charge in [-0.1, -0.05) is 18.2 Å². The van der Waals surface area contributed by atoms with Crippen LogP contribution in [0.25, 0.3) is 0 Å². The molecule has 2 N–H and O–H groups in total. The second-order valence-corrected chi connectivity index (χ2v) is 6.51. The van der Waals surface area contributed by atoms with Crippen LogP contribution in [0, 0.1) is 6.92 Å². The van der Waals surface area contributed by atoms with Gasteiger partial charge in [-0.05, 0) is 38.8 Å². The van der Waals surface area contributed by atoms with Crippen LogP contribution in [0.3, 0.4) is 0 Å². The zero-order valence-corrected chi connectivity index (χ0v) is 17.2. The summed E-state index contributed by atoms with van der Waals surface area (Å²) in [6, 6.07) is 7.93. The Morgan fingerprint density at radius 1 is 1.26 bits per heavy atom. The lowest BCUT2D eigenvalue weighted by Gasteiger charge is -2.19. The molecule has 0 saturated heterocycles. The first-order valence-corrected chi connectivity index (χ1v) is 9.46. The maximum absolute atomic E-state index is 11.8. The molecule has 152 valence electrons. The second-order valence-electron chi connectivity index (χ2n) is 6.51. The van der Waals surface area contributed by atoms with Crippen LogP contribution in [0.5, 0.6) is 5.75 Å². The summed E-state index contributed by atoms with van der Waals surface area (Å²) < 4.78 is 11.3. The molecule has 1 amide bonds. The van der Waals surface area contributed by atoms with Gasteiger partial charge in [-0.2, -0.15) is 0 Å². The molecule has 0 saturated carbocycles. The van der Waals surface area contributed by atoms with E-state index in [1.807, 2.05) is 45.0 Å². The van der Waals surface area contributed by atoms with Gasteiger partial charge in [0.2, 0.25) is 5.91 Å². The van der Waals surface area contributed by atoms with E-state index in [4.69, 9.17) is 9.47 Å². The average molecular weight is 379 g/mol. The number of carbonyl (C=O) groups is 1. The third kappa shape index (κ3) is 9.84. The van der Waals surface area contributed by atoms with Crippen molar-refractivity contribution in [2.24, 2.45) is 4.99 Å². The minimum Gasteiger partial charge on any atom is -0.489 e. The summed E-state index contributed by atoms with van der Waals surface area (Å²) in [7, 11) is 3.44. The Balaban J connectivity index is 2.54. The number of likely N-dealkylation sites (N-methyl/N-ethyl adjacent to an activating group) is 1. The number of nitrogens with one attached hydrogen (secondary N) is 2. The van der Waals surface area contributed by atoms with Crippen LogP contribution < -0.4 is 15.4 Å². The normalized spacial score (nSPS) is 12.4. The monoisotopic (exact) mass is 378 g/mol. The minimum atomic E-state index is -0.0499. The summed E-state index contributed by atoms with van der Waals surface area (Å²) in [6.07, 6.45) is 0.817. The van der Waals surface area contributed by atoms with Crippen LogP contribution in [0.1, 0.15) is 25.8 Å². The summed E-state index contributed by atoms with van der Waals surface area (Å²) in [4.78, 5) is 17.7. The highest BCUT2D eigenvalue weighted by Gasteiger charge is 2.09. The number of amides is 1. The number of benzene rings is 1. The molecular formula is C20H34N4O3. The van der Waals surface area contributed by atoms with Crippen LogP contribution in [0.2, 0.25) is 0 Å². The van der Waals surface area contributed by atoms with E-state index in [0.29, 0.717) is 25.7 Å². The standard InChI is InChI=1S/C20H34N4O3/c1-6-26-13-9-12-21-20(23-15-19(25)24(4)5)22-14-17(3)27-18-11-8-7-10-16(18)2/h7-8,10-11,17H,6,9,12-15H2,1-5H3,(H2,21,22,23). The van der Waals surface area contributed by atoms with E-state index in [2.05, 4.69) is 15.6 Å². The number of guanidine groups is 1. The van der Waals surface area contributed by atoms with Gasteiger partial charge in [0.1, 0.15) is 18.4 Å². The molecule has 0 aromatic heterocycles. The van der Waals surface area contributed by atoms with Gasteiger partial charge >= 0.3 is 0 Å². The molecule has 1 unspecified atom stereocenters. The van der Waals surface area contributed by atoms with Crippen LogP contribution in [0.4, 0.5) is 0 Å². The van der Waals surface area contributed by atoms with E-state index in [1.165, 1.54) is 4.90 Å². The van der Waals surface area contributed by atoms with Crippen molar-refractivity contribution in [3.63, 3.8) is 0 Å². The summed E-state index contributed by atoms with van der Waals surface area (Å²) >= 11 is 0. The molecule has 7 heteroatoms. The van der Waals surface area contributed by atoms with Crippen molar-refractivity contribution in [3.8, 4) is 5.75 Å². The molecule has 0 radical (unpaired) electrons. The number of hydrogen-bond acceptors (Lipinski definition) is 4. The topological polar surface area (TPSA) is 75.2 Å². The highest BCUT2D eigenvalue weighted by Crippen LogP contribution is 2.17. The molecule has 27 heavy (non-hydrogen) atoms. The first kappa shape index (κ1) is 22.8. The van der Waals surface area contributed by atoms with Crippen LogP contribution in [-0.2, 0) is 9.53 Å². The fraction of sp³-hybridized carbons (Fsp3) is 0.600. The zero-order chi connectivity index (χ0) is 20.1. The van der Waals surface area contributed by atoms with Gasteiger partial charge in [0.05, 0.1) is 6.54 Å². The Hall–Kier alpha value is -2.28. The predicted molar refractivity (Wildman–Crippen MR) is 109 cm³/mol. The molecule has 0 bridgehead atoms. The Labute approximate surface area is 163 Å². The van der Waals surface area contributed by atoms with Gasteiger partial charge < -0.3 is 25.0 Å². The van der Waals surface area contributed by atoms with Gasteiger partial charge in [-0.15, -0.1) is 0 Å².